The van der Waals surface area contributed by atoms with Gasteiger partial charge in [-0.3, -0.25) is 4.79 Å². The predicted molar refractivity (Wildman–Crippen MR) is 65.8 cm³/mol. The van der Waals surface area contributed by atoms with Gasteiger partial charge in [-0.2, -0.15) is 0 Å². The second kappa shape index (κ2) is 6.08. The molecule has 1 rings (SSSR count). The molecule has 94 valence electrons. The maximum absolute atomic E-state index is 11.7. The molecule has 0 aliphatic carbocycles. The third kappa shape index (κ3) is 4.80. The van der Waals surface area contributed by atoms with Gasteiger partial charge in [-0.05, 0) is 28.1 Å². The van der Waals surface area contributed by atoms with Crippen molar-refractivity contribution in [3.63, 3.8) is 0 Å². The number of rotatable bonds is 5. The Morgan fingerprint density at radius 3 is 2.65 bits per heavy atom. The zero-order valence-corrected chi connectivity index (χ0v) is 11.5. The van der Waals surface area contributed by atoms with Crippen LogP contribution in [0.1, 0.15) is 6.92 Å². The molecular weight excluding hydrogens is 310 g/mol. The third-order valence-corrected chi connectivity index (χ3v) is 3.61. The van der Waals surface area contributed by atoms with Crippen LogP contribution in [0.15, 0.2) is 27.8 Å². The summed E-state index contributed by atoms with van der Waals surface area (Å²) in [6.07, 6.45) is 1.41. The quantitative estimate of drug-likeness (QED) is 0.761. The molecule has 2 N–H and O–H groups in total. The van der Waals surface area contributed by atoms with Crippen molar-refractivity contribution in [2.24, 2.45) is 0 Å². The first-order valence-corrected chi connectivity index (χ1v) is 7.05. The largest absolute Gasteiger partial charge is 0.355 e. The fraction of sp³-hybridized carbons (Fsp3) is 0.333. The lowest BCUT2D eigenvalue weighted by atomic mass is 10.5. The summed E-state index contributed by atoms with van der Waals surface area (Å²) in [6, 6.07) is 2.99. The number of hydrogen-bond acceptors (Lipinski definition) is 4. The van der Waals surface area contributed by atoms with Crippen molar-refractivity contribution in [3.8, 4) is 0 Å². The standard InChI is InChI=1S/C9H12BrN3O3S/c1-7(14)11-4-5-13-17(15,16)9-3-2-8(10)6-12-9/h2-3,6,13H,4-5H2,1H3,(H,11,14). The lowest BCUT2D eigenvalue weighted by Crippen LogP contribution is -2.33. The van der Waals surface area contributed by atoms with Gasteiger partial charge in [0.15, 0.2) is 5.03 Å². The molecule has 0 atom stereocenters. The maximum Gasteiger partial charge on any atom is 0.258 e. The van der Waals surface area contributed by atoms with Gasteiger partial charge in [0.25, 0.3) is 10.0 Å². The summed E-state index contributed by atoms with van der Waals surface area (Å²) in [5.74, 6) is -0.203. The van der Waals surface area contributed by atoms with Crippen LogP contribution < -0.4 is 10.0 Å². The molecule has 0 saturated heterocycles. The Bertz CT molecular complexity index is 487. The van der Waals surface area contributed by atoms with Crippen molar-refractivity contribution in [1.29, 1.82) is 0 Å². The molecule has 0 unspecified atom stereocenters. The summed E-state index contributed by atoms with van der Waals surface area (Å²) in [7, 11) is -3.61. The van der Waals surface area contributed by atoms with Crippen LogP contribution in [0.5, 0.6) is 0 Å². The first-order valence-electron chi connectivity index (χ1n) is 4.77. The number of nitrogens with zero attached hydrogens (tertiary/aromatic N) is 1. The molecule has 1 heterocycles. The van der Waals surface area contributed by atoms with E-state index in [4.69, 9.17) is 0 Å². The molecule has 8 heteroatoms. The third-order valence-electron chi connectivity index (χ3n) is 1.77. The van der Waals surface area contributed by atoms with Crippen LogP contribution in [0.2, 0.25) is 0 Å². The van der Waals surface area contributed by atoms with Crippen molar-refractivity contribution in [3.05, 3.63) is 22.8 Å². The smallest absolute Gasteiger partial charge is 0.258 e. The zero-order valence-electron chi connectivity index (χ0n) is 9.10. The van der Waals surface area contributed by atoms with Gasteiger partial charge in [0.05, 0.1) is 0 Å². The summed E-state index contributed by atoms with van der Waals surface area (Å²) in [6.45, 7) is 1.73. The van der Waals surface area contributed by atoms with E-state index in [2.05, 4.69) is 31.0 Å². The number of aromatic nitrogens is 1. The van der Waals surface area contributed by atoms with Gasteiger partial charge in [0.1, 0.15) is 0 Å². The Morgan fingerprint density at radius 2 is 2.12 bits per heavy atom. The molecule has 1 amide bonds. The molecular formula is C9H12BrN3O3S. The number of pyridine rings is 1. The summed E-state index contributed by atoms with van der Waals surface area (Å²) in [4.78, 5) is 14.3. The van der Waals surface area contributed by atoms with Gasteiger partial charge in [0.2, 0.25) is 5.91 Å². The van der Waals surface area contributed by atoms with E-state index >= 15 is 0 Å². The van der Waals surface area contributed by atoms with Crippen LogP contribution >= 0.6 is 15.9 Å². The van der Waals surface area contributed by atoms with E-state index in [1.165, 1.54) is 19.2 Å². The van der Waals surface area contributed by atoms with Gasteiger partial charge < -0.3 is 5.32 Å². The van der Waals surface area contributed by atoms with E-state index in [0.717, 1.165) is 0 Å². The molecule has 0 saturated carbocycles. The van der Waals surface area contributed by atoms with E-state index in [1.807, 2.05) is 0 Å². The molecule has 0 aliphatic rings. The predicted octanol–water partition coefficient (Wildman–Crippen LogP) is 0.259. The van der Waals surface area contributed by atoms with Crippen LogP contribution in [0.4, 0.5) is 0 Å². The number of carbonyl (C=O) groups is 1. The average Bonchev–Trinajstić information content (AvgIpc) is 2.25. The summed E-state index contributed by atoms with van der Waals surface area (Å²) in [5.41, 5.74) is 0. The van der Waals surface area contributed by atoms with E-state index in [0.29, 0.717) is 4.47 Å². The highest BCUT2D eigenvalue weighted by Gasteiger charge is 2.14. The lowest BCUT2D eigenvalue weighted by molar-refractivity contribution is -0.118. The van der Waals surface area contributed by atoms with Crippen LogP contribution in [0.3, 0.4) is 0 Å². The van der Waals surface area contributed by atoms with Gasteiger partial charge in [-0.1, -0.05) is 0 Å². The Morgan fingerprint density at radius 1 is 1.41 bits per heavy atom. The van der Waals surface area contributed by atoms with Gasteiger partial charge in [-0.15, -0.1) is 0 Å². The van der Waals surface area contributed by atoms with Crippen LogP contribution in [0.25, 0.3) is 0 Å². The van der Waals surface area contributed by atoms with Gasteiger partial charge in [-0.25, -0.2) is 18.1 Å². The highest BCUT2D eigenvalue weighted by molar-refractivity contribution is 9.10. The van der Waals surface area contributed by atoms with E-state index < -0.39 is 10.0 Å². The van der Waals surface area contributed by atoms with Crippen LogP contribution in [-0.2, 0) is 14.8 Å². The first-order chi connectivity index (χ1) is 7.92. The fourth-order valence-electron chi connectivity index (χ4n) is 1.02. The Hall–Kier alpha value is -0.990. The summed E-state index contributed by atoms with van der Waals surface area (Å²) in [5, 5.41) is 2.43. The Balaban J connectivity index is 2.57. The van der Waals surface area contributed by atoms with Crippen LogP contribution in [-0.4, -0.2) is 32.4 Å². The molecule has 0 bridgehead atoms. The first kappa shape index (κ1) is 14.1. The van der Waals surface area contributed by atoms with E-state index in [-0.39, 0.29) is 24.0 Å². The highest BCUT2D eigenvalue weighted by atomic mass is 79.9. The number of halogens is 1. The monoisotopic (exact) mass is 321 g/mol. The van der Waals surface area contributed by atoms with E-state index in [1.54, 1.807) is 6.07 Å². The van der Waals surface area contributed by atoms with Crippen molar-refractivity contribution in [2.75, 3.05) is 13.1 Å². The SMILES string of the molecule is CC(=O)NCCNS(=O)(=O)c1ccc(Br)cn1. The molecule has 6 nitrogen and oxygen atoms in total. The summed E-state index contributed by atoms with van der Waals surface area (Å²) < 4.78 is 26.4. The average molecular weight is 322 g/mol. The minimum Gasteiger partial charge on any atom is -0.355 e. The van der Waals surface area contributed by atoms with Crippen molar-refractivity contribution < 1.29 is 13.2 Å². The molecule has 0 fully saturated rings. The minimum atomic E-state index is -3.61. The maximum atomic E-state index is 11.7. The number of hydrogen-bond donors (Lipinski definition) is 2. The topological polar surface area (TPSA) is 88.2 Å². The normalized spacial score (nSPS) is 11.2. The number of amides is 1. The van der Waals surface area contributed by atoms with Crippen molar-refractivity contribution >= 4 is 31.9 Å². The number of sulfonamides is 1. The van der Waals surface area contributed by atoms with E-state index in [9.17, 15) is 13.2 Å². The summed E-state index contributed by atoms with van der Waals surface area (Å²) >= 11 is 3.17. The van der Waals surface area contributed by atoms with Crippen molar-refractivity contribution in [2.45, 2.75) is 11.9 Å². The highest BCUT2D eigenvalue weighted by Crippen LogP contribution is 2.10. The molecule has 1 aromatic rings. The Kier molecular flexibility index (Phi) is 5.03. The number of nitrogens with one attached hydrogen (secondary N) is 2. The Labute approximate surface area is 108 Å². The lowest BCUT2D eigenvalue weighted by Gasteiger charge is -2.06. The van der Waals surface area contributed by atoms with Crippen LogP contribution in [0, 0.1) is 0 Å². The second-order valence-corrected chi connectivity index (χ2v) is 5.82. The van der Waals surface area contributed by atoms with Gasteiger partial charge in [0, 0.05) is 30.7 Å². The molecule has 0 spiro atoms. The molecule has 1 aromatic heterocycles. The molecule has 0 radical (unpaired) electrons. The van der Waals surface area contributed by atoms with Crippen molar-refractivity contribution in [1.82, 2.24) is 15.0 Å². The molecule has 0 aliphatic heterocycles. The number of carbonyl (C=O) groups excluding carboxylic acids is 1. The zero-order chi connectivity index (χ0) is 12.9. The fourth-order valence-corrected chi connectivity index (χ4v) is 2.21. The van der Waals surface area contributed by atoms with Gasteiger partial charge >= 0.3 is 0 Å². The minimum absolute atomic E-state index is 0.0523. The molecule has 0 aromatic carbocycles. The second-order valence-electron chi connectivity index (χ2n) is 3.20. The molecule has 17 heavy (non-hydrogen) atoms.